The standard InChI is InChI=1S/C14H22N4O3S/c1-2-22(19,20)18-7-3-4-14(11-18)8-12(10-21-14)17-13-9-15-5-6-16-13/h5-6,9,12H,2-4,7-8,10-11H2,1H3,(H,16,17)/t12-,14-/m1/s1. The Morgan fingerprint density at radius 3 is 3.09 bits per heavy atom. The van der Waals surface area contributed by atoms with Gasteiger partial charge < -0.3 is 10.1 Å². The van der Waals surface area contributed by atoms with Crippen LogP contribution in [0.4, 0.5) is 5.82 Å². The molecule has 3 rings (SSSR count). The van der Waals surface area contributed by atoms with E-state index in [4.69, 9.17) is 4.74 Å². The van der Waals surface area contributed by atoms with Crippen LogP contribution in [0.3, 0.4) is 0 Å². The van der Waals surface area contributed by atoms with Crippen LogP contribution in [0.2, 0.25) is 0 Å². The second kappa shape index (κ2) is 6.10. The van der Waals surface area contributed by atoms with Gasteiger partial charge in [-0.3, -0.25) is 4.98 Å². The SMILES string of the molecule is CCS(=O)(=O)N1CCC[C@@]2(C[C@@H](Nc3cnccn3)CO2)C1. The van der Waals surface area contributed by atoms with Crippen molar-refractivity contribution in [2.45, 2.75) is 37.8 Å². The van der Waals surface area contributed by atoms with E-state index < -0.39 is 10.0 Å². The molecule has 122 valence electrons. The minimum Gasteiger partial charge on any atom is -0.371 e. The van der Waals surface area contributed by atoms with Gasteiger partial charge in [0.2, 0.25) is 10.0 Å². The van der Waals surface area contributed by atoms with Gasteiger partial charge >= 0.3 is 0 Å². The van der Waals surface area contributed by atoms with E-state index in [-0.39, 0.29) is 17.4 Å². The van der Waals surface area contributed by atoms with Gasteiger partial charge in [-0.25, -0.2) is 13.4 Å². The predicted molar refractivity (Wildman–Crippen MR) is 83.0 cm³/mol. The number of ether oxygens (including phenoxy) is 1. The fraction of sp³-hybridized carbons (Fsp3) is 0.714. The summed E-state index contributed by atoms with van der Waals surface area (Å²) < 4.78 is 31.8. The second-order valence-electron chi connectivity index (χ2n) is 5.97. The molecule has 2 fully saturated rings. The van der Waals surface area contributed by atoms with Crippen molar-refractivity contribution in [2.75, 3.05) is 30.8 Å². The number of nitrogens with one attached hydrogen (secondary N) is 1. The molecule has 22 heavy (non-hydrogen) atoms. The van der Waals surface area contributed by atoms with Crippen molar-refractivity contribution in [3.63, 3.8) is 0 Å². The van der Waals surface area contributed by atoms with E-state index in [0.717, 1.165) is 25.1 Å². The van der Waals surface area contributed by atoms with Crippen LogP contribution in [0.1, 0.15) is 26.2 Å². The fourth-order valence-corrected chi connectivity index (χ4v) is 4.49. The van der Waals surface area contributed by atoms with Gasteiger partial charge in [-0.05, 0) is 19.8 Å². The van der Waals surface area contributed by atoms with Crippen molar-refractivity contribution in [3.8, 4) is 0 Å². The Balaban J connectivity index is 1.65. The normalized spacial score (nSPS) is 29.8. The highest BCUT2D eigenvalue weighted by Gasteiger charge is 2.45. The summed E-state index contributed by atoms with van der Waals surface area (Å²) in [5, 5.41) is 3.31. The van der Waals surface area contributed by atoms with Crippen molar-refractivity contribution in [1.82, 2.24) is 14.3 Å². The minimum atomic E-state index is -3.15. The molecule has 1 aromatic heterocycles. The highest BCUT2D eigenvalue weighted by molar-refractivity contribution is 7.89. The molecule has 2 atom stereocenters. The van der Waals surface area contributed by atoms with Crippen LogP contribution < -0.4 is 5.32 Å². The zero-order valence-corrected chi connectivity index (χ0v) is 13.6. The second-order valence-corrected chi connectivity index (χ2v) is 8.23. The first-order chi connectivity index (χ1) is 10.5. The molecule has 7 nitrogen and oxygen atoms in total. The molecule has 2 saturated heterocycles. The van der Waals surface area contributed by atoms with Crippen molar-refractivity contribution in [1.29, 1.82) is 0 Å². The van der Waals surface area contributed by atoms with Crippen LogP contribution in [0.15, 0.2) is 18.6 Å². The maximum atomic E-state index is 12.1. The van der Waals surface area contributed by atoms with Crippen molar-refractivity contribution >= 4 is 15.8 Å². The molecule has 0 radical (unpaired) electrons. The maximum Gasteiger partial charge on any atom is 0.213 e. The molecule has 2 aliphatic heterocycles. The molecule has 1 aromatic rings. The summed E-state index contributed by atoms with van der Waals surface area (Å²) in [4.78, 5) is 8.24. The monoisotopic (exact) mass is 326 g/mol. The molecule has 0 amide bonds. The van der Waals surface area contributed by atoms with Crippen molar-refractivity contribution in [2.24, 2.45) is 0 Å². The molecule has 0 aliphatic carbocycles. The number of rotatable bonds is 4. The average Bonchev–Trinajstić information content (AvgIpc) is 2.90. The number of piperidine rings is 1. The summed E-state index contributed by atoms with van der Waals surface area (Å²) in [6, 6.07) is 0.140. The van der Waals surface area contributed by atoms with Crippen LogP contribution in [-0.2, 0) is 14.8 Å². The van der Waals surface area contributed by atoms with Crippen LogP contribution in [0.5, 0.6) is 0 Å². The average molecular weight is 326 g/mol. The number of aromatic nitrogens is 2. The molecule has 0 saturated carbocycles. The largest absolute Gasteiger partial charge is 0.371 e. The number of hydrogen-bond donors (Lipinski definition) is 1. The molecule has 0 unspecified atom stereocenters. The number of hydrogen-bond acceptors (Lipinski definition) is 6. The first kappa shape index (κ1) is 15.6. The van der Waals surface area contributed by atoms with Gasteiger partial charge in [0.05, 0.1) is 30.2 Å². The Morgan fingerprint density at radius 2 is 2.36 bits per heavy atom. The predicted octanol–water partition coefficient (Wildman–Crippen LogP) is 0.862. The molecule has 1 N–H and O–H groups in total. The highest BCUT2D eigenvalue weighted by Crippen LogP contribution is 2.36. The third kappa shape index (κ3) is 3.23. The van der Waals surface area contributed by atoms with Gasteiger partial charge in [0.1, 0.15) is 5.82 Å². The first-order valence-corrected chi connectivity index (χ1v) is 9.28. The zero-order chi connectivity index (χ0) is 15.6. The van der Waals surface area contributed by atoms with Crippen LogP contribution >= 0.6 is 0 Å². The summed E-state index contributed by atoms with van der Waals surface area (Å²) in [5.74, 6) is 0.867. The van der Waals surface area contributed by atoms with Crippen molar-refractivity contribution in [3.05, 3.63) is 18.6 Å². The Kier molecular flexibility index (Phi) is 4.33. The number of sulfonamides is 1. The third-order valence-electron chi connectivity index (χ3n) is 4.39. The molecule has 2 aliphatic rings. The van der Waals surface area contributed by atoms with Crippen LogP contribution in [0, 0.1) is 0 Å². The molecule has 3 heterocycles. The lowest BCUT2D eigenvalue weighted by molar-refractivity contribution is -0.0329. The summed E-state index contributed by atoms with van der Waals surface area (Å²) >= 11 is 0. The summed E-state index contributed by atoms with van der Waals surface area (Å²) in [6.07, 6.45) is 7.49. The Morgan fingerprint density at radius 1 is 1.50 bits per heavy atom. The smallest absolute Gasteiger partial charge is 0.213 e. The molecular formula is C14H22N4O3S. The molecule has 8 heteroatoms. The van der Waals surface area contributed by atoms with Crippen molar-refractivity contribution < 1.29 is 13.2 Å². The van der Waals surface area contributed by atoms with E-state index >= 15 is 0 Å². The summed E-state index contributed by atoms with van der Waals surface area (Å²) in [7, 11) is -3.15. The van der Waals surface area contributed by atoms with Gasteiger partial charge in [-0.2, -0.15) is 4.31 Å². The van der Waals surface area contributed by atoms with Gasteiger partial charge in [0, 0.05) is 31.9 Å². The number of anilines is 1. The molecular weight excluding hydrogens is 304 g/mol. The lowest BCUT2D eigenvalue weighted by Crippen LogP contribution is -2.50. The fourth-order valence-electron chi connectivity index (χ4n) is 3.28. The zero-order valence-electron chi connectivity index (χ0n) is 12.7. The van der Waals surface area contributed by atoms with E-state index in [1.807, 2.05) is 0 Å². The quantitative estimate of drug-likeness (QED) is 0.883. The minimum absolute atomic E-state index is 0.140. The summed E-state index contributed by atoms with van der Waals surface area (Å²) in [5.41, 5.74) is -0.361. The molecule has 0 bridgehead atoms. The lowest BCUT2D eigenvalue weighted by Gasteiger charge is -2.38. The van der Waals surface area contributed by atoms with Gasteiger partial charge in [-0.1, -0.05) is 0 Å². The Hall–Kier alpha value is -1.25. The Labute approximate surface area is 131 Å². The van der Waals surface area contributed by atoms with Gasteiger partial charge in [0.25, 0.3) is 0 Å². The highest BCUT2D eigenvalue weighted by atomic mass is 32.2. The van der Waals surface area contributed by atoms with Crippen LogP contribution in [-0.4, -0.2) is 59.8 Å². The lowest BCUT2D eigenvalue weighted by atomic mass is 9.90. The topological polar surface area (TPSA) is 84.4 Å². The first-order valence-electron chi connectivity index (χ1n) is 7.67. The van der Waals surface area contributed by atoms with Crippen LogP contribution in [0.25, 0.3) is 0 Å². The van der Waals surface area contributed by atoms with E-state index in [1.54, 1.807) is 29.8 Å². The molecule has 1 spiro atoms. The van der Waals surface area contributed by atoms with Gasteiger partial charge in [-0.15, -0.1) is 0 Å². The summed E-state index contributed by atoms with van der Waals surface area (Å²) in [6.45, 7) is 3.31. The number of nitrogens with zero attached hydrogens (tertiary/aromatic N) is 3. The molecule has 0 aromatic carbocycles. The van der Waals surface area contributed by atoms with E-state index in [9.17, 15) is 8.42 Å². The van der Waals surface area contributed by atoms with E-state index in [0.29, 0.717) is 19.7 Å². The third-order valence-corrected chi connectivity index (χ3v) is 6.21. The van der Waals surface area contributed by atoms with E-state index in [1.165, 1.54) is 0 Å². The Bertz CT molecular complexity index is 610. The maximum absolute atomic E-state index is 12.1. The van der Waals surface area contributed by atoms with Gasteiger partial charge in [0.15, 0.2) is 0 Å². The van der Waals surface area contributed by atoms with E-state index in [2.05, 4.69) is 15.3 Å².